The molecule has 0 saturated carbocycles. The zero-order chi connectivity index (χ0) is 12.0. The van der Waals surface area contributed by atoms with E-state index in [9.17, 15) is 9.18 Å². The SMILES string of the molecule is CCC(CNC=O)c1ncc(OC)cc1F. The monoisotopic (exact) mass is 226 g/mol. The Morgan fingerprint density at radius 2 is 2.44 bits per heavy atom. The first-order valence-corrected chi connectivity index (χ1v) is 5.09. The Kier molecular flexibility index (Phi) is 4.69. The lowest BCUT2D eigenvalue weighted by Gasteiger charge is -2.14. The van der Waals surface area contributed by atoms with Crippen LogP contribution < -0.4 is 10.1 Å². The minimum atomic E-state index is -0.404. The Morgan fingerprint density at radius 3 is 2.94 bits per heavy atom. The van der Waals surface area contributed by atoms with Crippen molar-refractivity contribution in [1.29, 1.82) is 0 Å². The maximum absolute atomic E-state index is 13.6. The Balaban J connectivity index is 2.87. The summed E-state index contributed by atoms with van der Waals surface area (Å²) in [5.41, 5.74) is 0.359. The Morgan fingerprint density at radius 1 is 1.69 bits per heavy atom. The van der Waals surface area contributed by atoms with E-state index in [1.807, 2.05) is 6.92 Å². The number of amides is 1. The van der Waals surface area contributed by atoms with E-state index in [0.29, 0.717) is 30.8 Å². The average Bonchev–Trinajstić information content (AvgIpc) is 2.31. The summed E-state index contributed by atoms with van der Waals surface area (Å²) in [4.78, 5) is 14.2. The molecule has 16 heavy (non-hydrogen) atoms. The third-order valence-electron chi connectivity index (χ3n) is 2.41. The largest absolute Gasteiger partial charge is 0.495 e. The van der Waals surface area contributed by atoms with Crippen molar-refractivity contribution in [3.8, 4) is 5.75 Å². The number of aromatic nitrogens is 1. The molecule has 1 amide bonds. The van der Waals surface area contributed by atoms with Crippen LogP contribution in [0.1, 0.15) is 25.0 Å². The van der Waals surface area contributed by atoms with Crippen LogP contribution in [0.2, 0.25) is 0 Å². The number of pyridine rings is 1. The van der Waals surface area contributed by atoms with Gasteiger partial charge in [-0.15, -0.1) is 0 Å². The number of ether oxygens (including phenoxy) is 1. The predicted molar refractivity (Wildman–Crippen MR) is 57.8 cm³/mol. The number of halogens is 1. The highest BCUT2D eigenvalue weighted by Gasteiger charge is 2.16. The topological polar surface area (TPSA) is 51.2 Å². The molecule has 1 atom stereocenters. The van der Waals surface area contributed by atoms with Gasteiger partial charge in [-0.1, -0.05) is 6.92 Å². The summed E-state index contributed by atoms with van der Waals surface area (Å²) >= 11 is 0. The molecule has 0 radical (unpaired) electrons. The van der Waals surface area contributed by atoms with Crippen molar-refractivity contribution in [1.82, 2.24) is 10.3 Å². The van der Waals surface area contributed by atoms with Crippen molar-refractivity contribution in [2.24, 2.45) is 0 Å². The maximum atomic E-state index is 13.6. The molecule has 88 valence electrons. The summed E-state index contributed by atoms with van der Waals surface area (Å²) in [6.45, 7) is 2.30. The second kappa shape index (κ2) is 6.05. The third-order valence-corrected chi connectivity index (χ3v) is 2.41. The van der Waals surface area contributed by atoms with Crippen LogP contribution in [0.3, 0.4) is 0 Å². The average molecular weight is 226 g/mol. The number of carbonyl (C=O) groups excluding carboxylic acids is 1. The van der Waals surface area contributed by atoms with E-state index in [1.165, 1.54) is 19.4 Å². The minimum absolute atomic E-state index is 0.115. The van der Waals surface area contributed by atoms with Gasteiger partial charge in [0.05, 0.1) is 19.0 Å². The molecule has 0 saturated heterocycles. The molecule has 0 spiro atoms. The maximum Gasteiger partial charge on any atom is 0.207 e. The van der Waals surface area contributed by atoms with Gasteiger partial charge in [-0.2, -0.15) is 0 Å². The van der Waals surface area contributed by atoms with E-state index in [1.54, 1.807) is 0 Å². The van der Waals surface area contributed by atoms with Gasteiger partial charge in [-0.25, -0.2) is 4.39 Å². The summed E-state index contributed by atoms with van der Waals surface area (Å²) in [5.74, 6) is -0.130. The molecule has 0 bridgehead atoms. The van der Waals surface area contributed by atoms with E-state index in [-0.39, 0.29) is 5.92 Å². The van der Waals surface area contributed by atoms with Crippen LogP contribution in [0.15, 0.2) is 12.3 Å². The molecule has 5 heteroatoms. The van der Waals surface area contributed by atoms with Crippen molar-refractivity contribution in [2.45, 2.75) is 19.3 Å². The normalized spacial score (nSPS) is 11.9. The molecule has 0 aromatic carbocycles. The van der Waals surface area contributed by atoms with Gasteiger partial charge in [0, 0.05) is 18.5 Å². The number of hydrogen-bond acceptors (Lipinski definition) is 3. The number of nitrogens with zero attached hydrogens (tertiary/aromatic N) is 1. The lowest BCUT2D eigenvalue weighted by atomic mass is 10.0. The van der Waals surface area contributed by atoms with Crippen molar-refractivity contribution in [2.75, 3.05) is 13.7 Å². The van der Waals surface area contributed by atoms with Crippen molar-refractivity contribution in [3.63, 3.8) is 0 Å². The quantitative estimate of drug-likeness (QED) is 0.747. The summed E-state index contributed by atoms with van der Waals surface area (Å²) < 4.78 is 18.5. The number of carbonyl (C=O) groups is 1. The second-order valence-electron chi connectivity index (χ2n) is 3.37. The molecule has 0 aliphatic heterocycles. The Hall–Kier alpha value is -1.65. The highest BCUT2D eigenvalue weighted by Crippen LogP contribution is 2.22. The van der Waals surface area contributed by atoms with Gasteiger partial charge in [0.25, 0.3) is 0 Å². The van der Waals surface area contributed by atoms with E-state index in [2.05, 4.69) is 10.3 Å². The summed E-state index contributed by atoms with van der Waals surface area (Å²) in [6, 6.07) is 1.30. The van der Waals surface area contributed by atoms with Gasteiger partial charge in [0.1, 0.15) is 11.6 Å². The third kappa shape index (κ3) is 2.92. The van der Waals surface area contributed by atoms with Crippen LogP contribution in [0.5, 0.6) is 5.75 Å². The lowest BCUT2D eigenvalue weighted by molar-refractivity contribution is -0.109. The summed E-state index contributed by atoms with van der Waals surface area (Å²) in [7, 11) is 1.46. The number of hydrogen-bond donors (Lipinski definition) is 1. The van der Waals surface area contributed by atoms with Gasteiger partial charge in [0.15, 0.2) is 0 Å². The van der Waals surface area contributed by atoms with E-state index in [0.717, 1.165) is 0 Å². The molecule has 1 unspecified atom stereocenters. The van der Waals surface area contributed by atoms with Gasteiger partial charge in [-0.05, 0) is 6.42 Å². The fraction of sp³-hybridized carbons (Fsp3) is 0.455. The van der Waals surface area contributed by atoms with Crippen molar-refractivity contribution in [3.05, 3.63) is 23.8 Å². The van der Waals surface area contributed by atoms with Gasteiger partial charge >= 0.3 is 0 Å². The fourth-order valence-corrected chi connectivity index (χ4v) is 1.47. The van der Waals surface area contributed by atoms with E-state index in [4.69, 9.17) is 4.74 Å². The minimum Gasteiger partial charge on any atom is -0.495 e. The summed E-state index contributed by atoms with van der Waals surface area (Å²) in [6.07, 6.45) is 2.78. The molecule has 0 fully saturated rings. The van der Waals surface area contributed by atoms with Crippen LogP contribution in [0.4, 0.5) is 4.39 Å². The second-order valence-corrected chi connectivity index (χ2v) is 3.37. The van der Waals surface area contributed by atoms with Crippen LogP contribution in [-0.4, -0.2) is 25.0 Å². The van der Waals surface area contributed by atoms with Gasteiger partial charge in [0.2, 0.25) is 6.41 Å². The van der Waals surface area contributed by atoms with Crippen molar-refractivity contribution >= 4 is 6.41 Å². The standard InChI is InChI=1S/C11H15FN2O2/c1-3-8(5-13-7-15)11-10(12)4-9(16-2)6-14-11/h4,6-8H,3,5H2,1-2H3,(H,13,15). The van der Waals surface area contributed by atoms with Crippen LogP contribution >= 0.6 is 0 Å². The molecule has 0 aliphatic carbocycles. The lowest BCUT2D eigenvalue weighted by Crippen LogP contribution is -2.21. The van der Waals surface area contributed by atoms with Crippen molar-refractivity contribution < 1.29 is 13.9 Å². The molecule has 1 aromatic heterocycles. The molecule has 0 aliphatic rings. The van der Waals surface area contributed by atoms with E-state index >= 15 is 0 Å². The van der Waals surface area contributed by atoms with E-state index < -0.39 is 5.82 Å². The molecule has 1 heterocycles. The van der Waals surface area contributed by atoms with Crippen LogP contribution in [0.25, 0.3) is 0 Å². The van der Waals surface area contributed by atoms with Gasteiger partial charge < -0.3 is 10.1 Å². The first kappa shape index (κ1) is 12.4. The number of nitrogens with one attached hydrogen (secondary N) is 1. The zero-order valence-corrected chi connectivity index (χ0v) is 9.37. The molecule has 1 rings (SSSR count). The zero-order valence-electron chi connectivity index (χ0n) is 9.37. The molecule has 1 N–H and O–H groups in total. The van der Waals surface area contributed by atoms with Crippen LogP contribution in [-0.2, 0) is 4.79 Å². The highest BCUT2D eigenvalue weighted by molar-refractivity contribution is 5.46. The predicted octanol–water partition coefficient (Wildman–Crippen LogP) is 1.47. The smallest absolute Gasteiger partial charge is 0.207 e. The first-order chi connectivity index (χ1) is 7.72. The molecular weight excluding hydrogens is 211 g/mol. The summed E-state index contributed by atoms with van der Waals surface area (Å²) in [5, 5.41) is 2.54. The Labute approximate surface area is 93.8 Å². The number of methoxy groups -OCH3 is 1. The number of rotatable bonds is 6. The first-order valence-electron chi connectivity index (χ1n) is 5.09. The Bertz CT molecular complexity index is 358. The molecule has 1 aromatic rings. The van der Waals surface area contributed by atoms with Gasteiger partial charge in [-0.3, -0.25) is 9.78 Å². The fourth-order valence-electron chi connectivity index (χ4n) is 1.47. The van der Waals surface area contributed by atoms with Crippen LogP contribution in [0, 0.1) is 5.82 Å². The molecule has 4 nitrogen and oxygen atoms in total. The highest BCUT2D eigenvalue weighted by atomic mass is 19.1. The molecular formula is C11H15FN2O2.